The first-order valence-corrected chi connectivity index (χ1v) is 7.41. The monoisotopic (exact) mass is 315 g/mol. The van der Waals surface area contributed by atoms with E-state index in [0.29, 0.717) is 22.9 Å². The SMILES string of the molecule is COc1ccccc1OCC(=O)Nc1cccc(OC(C)C)c1. The molecule has 0 saturated heterocycles. The van der Waals surface area contributed by atoms with Crippen molar-refractivity contribution < 1.29 is 19.0 Å². The molecular formula is C18H21NO4. The highest BCUT2D eigenvalue weighted by molar-refractivity contribution is 5.92. The van der Waals surface area contributed by atoms with E-state index in [1.165, 1.54) is 0 Å². The zero-order chi connectivity index (χ0) is 16.7. The fraction of sp³-hybridized carbons (Fsp3) is 0.278. The van der Waals surface area contributed by atoms with Gasteiger partial charge in [0.2, 0.25) is 0 Å². The minimum Gasteiger partial charge on any atom is -0.493 e. The molecule has 1 N–H and O–H groups in total. The van der Waals surface area contributed by atoms with Gasteiger partial charge in [-0.15, -0.1) is 0 Å². The van der Waals surface area contributed by atoms with Crippen molar-refractivity contribution in [1.82, 2.24) is 0 Å². The van der Waals surface area contributed by atoms with Crippen molar-refractivity contribution in [2.75, 3.05) is 19.0 Å². The van der Waals surface area contributed by atoms with Gasteiger partial charge in [0.15, 0.2) is 18.1 Å². The predicted molar refractivity (Wildman–Crippen MR) is 89.3 cm³/mol. The van der Waals surface area contributed by atoms with Gasteiger partial charge in [0, 0.05) is 11.8 Å². The third-order valence-corrected chi connectivity index (χ3v) is 2.92. The Morgan fingerprint density at radius 2 is 1.83 bits per heavy atom. The number of para-hydroxylation sites is 2. The van der Waals surface area contributed by atoms with Crippen LogP contribution in [0.3, 0.4) is 0 Å². The van der Waals surface area contributed by atoms with Crippen LogP contribution >= 0.6 is 0 Å². The van der Waals surface area contributed by atoms with Gasteiger partial charge in [-0.25, -0.2) is 0 Å². The summed E-state index contributed by atoms with van der Waals surface area (Å²) < 4.78 is 16.3. The minimum atomic E-state index is -0.252. The second kappa shape index (κ2) is 8.08. The van der Waals surface area contributed by atoms with E-state index in [0.717, 1.165) is 0 Å². The number of ether oxygens (including phenoxy) is 3. The maximum Gasteiger partial charge on any atom is 0.262 e. The summed E-state index contributed by atoms with van der Waals surface area (Å²) in [5.41, 5.74) is 0.664. The Morgan fingerprint density at radius 1 is 1.09 bits per heavy atom. The zero-order valence-electron chi connectivity index (χ0n) is 13.5. The zero-order valence-corrected chi connectivity index (χ0v) is 13.5. The molecule has 0 atom stereocenters. The number of hydrogen-bond donors (Lipinski definition) is 1. The van der Waals surface area contributed by atoms with Gasteiger partial charge >= 0.3 is 0 Å². The molecule has 5 nitrogen and oxygen atoms in total. The molecule has 0 aromatic heterocycles. The van der Waals surface area contributed by atoms with Crippen molar-refractivity contribution in [3.8, 4) is 17.2 Å². The van der Waals surface area contributed by atoms with Gasteiger partial charge in [0.05, 0.1) is 13.2 Å². The van der Waals surface area contributed by atoms with E-state index in [4.69, 9.17) is 14.2 Å². The molecule has 23 heavy (non-hydrogen) atoms. The first kappa shape index (κ1) is 16.7. The van der Waals surface area contributed by atoms with E-state index < -0.39 is 0 Å². The summed E-state index contributed by atoms with van der Waals surface area (Å²) in [7, 11) is 1.56. The molecule has 0 unspecified atom stereocenters. The molecule has 2 rings (SSSR count). The molecule has 0 bridgehead atoms. The average Bonchev–Trinajstić information content (AvgIpc) is 2.53. The highest BCUT2D eigenvalue weighted by Gasteiger charge is 2.08. The number of methoxy groups -OCH3 is 1. The number of anilines is 1. The summed E-state index contributed by atoms with van der Waals surface area (Å²) in [5.74, 6) is 1.58. The van der Waals surface area contributed by atoms with Crippen molar-refractivity contribution in [3.63, 3.8) is 0 Å². The van der Waals surface area contributed by atoms with E-state index in [1.54, 1.807) is 31.4 Å². The number of carbonyl (C=O) groups is 1. The lowest BCUT2D eigenvalue weighted by Gasteiger charge is -2.12. The van der Waals surface area contributed by atoms with Gasteiger partial charge in [0.25, 0.3) is 5.91 Å². The Hall–Kier alpha value is -2.69. The molecule has 0 heterocycles. The average molecular weight is 315 g/mol. The van der Waals surface area contributed by atoms with Gasteiger partial charge in [-0.2, -0.15) is 0 Å². The molecule has 1 amide bonds. The van der Waals surface area contributed by atoms with E-state index in [-0.39, 0.29) is 18.6 Å². The van der Waals surface area contributed by atoms with Crippen molar-refractivity contribution in [2.24, 2.45) is 0 Å². The summed E-state index contributed by atoms with van der Waals surface area (Å²) in [6.07, 6.45) is 0.0785. The fourth-order valence-electron chi connectivity index (χ4n) is 2.00. The Balaban J connectivity index is 1.92. The molecule has 2 aromatic rings. The predicted octanol–water partition coefficient (Wildman–Crippen LogP) is 3.50. The summed E-state index contributed by atoms with van der Waals surface area (Å²) >= 11 is 0. The van der Waals surface area contributed by atoms with Crippen molar-refractivity contribution in [3.05, 3.63) is 48.5 Å². The Bertz CT molecular complexity index is 655. The van der Waals surface area contributed by atoms with Gasteiger partial charge in [-0.3, -0.25) is 4.79 Å². The molecule has 0 aliphatic carbocycles. The quantitative estimate of drug-likeness (QED) is 0.849. The largest absolute Gasteiger partial charge is 0.493 e. The van der Waals surface area contributed by atoms with E-state index >= 15 is 0 Å². The lowest BCUT2D eigenvalue weighted by atomic mass is 10.3. The molecule has 5 heteroatoms. The lowest BCUT2D eigenvalue weighted by molar-refractivity contribution is -0.118. The second-order valence-electron chi connectivity index (χ2n) is 5.18. The van der Waals surface area contributed by atoms with Gasteiger partial charge in [0.1, 0.15) is 5.75 Å². The lowest BCUT2D eigenvalue weighted by Crippen LogP contribution is -2.20. The molecular weight excluding hydrogens is 294 g/mol. The fourth-order valence-corrected chi connectivity index (χ4v) is 2.00. The Labute approximate surface area is 136 Å². The third kappa shape index (κ3) is 5.21. The standard InChI is InChI=1S/C18H21NO4/c1-13(2)23-15-8-6-7-14(11-15)19-18(20)12-22-17-10-5-4-9-16(17)21-3/h4-11,13H,12H2,1-3H3,(H,19,20). The van der Waals surface area contributed by atoms with E-state index in [1.807, 2.05) is 38.1 Å². The number of nitrogens with one attached hydrogen (secondary N) is 1. The molecule has 0 fully saturated rings. The molecule has 0 aliphatic rings. The highest BCUT2D eigenvalue weighted by atomic mass is 16.5. The topological polar surface area (TPSA) is 56.8 Å². The van der Waals surface area contributed by atoms with Gasteiger partial charge in [-0.1, -0.05) is 18.2 Å². The van der Waals surface area contributed by atoms with Gasteiger partial charge in [-0.05, 0) is 38.1 Å². The minimum absolute atomic E-state index is 0.0785. The maximum absolute atomic E-state index is 12.0. The molecule has 122 valence electrons. The van der Waals surface area contributed by atoms with Gasteiger partial charge < -0.3 is 19.5 Å². The third-order valence-electron chi connectivity index (χ3n) is 2.92. The van der Waals surface area contributed by atoms with Crippen LogP contribution in [-0.4, -0.2) is 25.7 Å². The van der Waals surface area contributed by atoms with E-state index in [9.17, 15) is 4.79 Å². The highest BCUT2D eigenvalue weighted by Crippen LogP contribution is 2.25. The van der Waals surface area contributed by atoms with Crippen molar-refractivity contribution in [1.29, 1.82) is 0 Å². The van der Waals surface area contributed by atoms with Crippen LogP contribution in [0, 0.1) is 0 Å². The van der Waals surface area contributed by atoms with Crippen molar-refractivity contribution in [2.45, 2.75) is 20.0 Å². The number of hydrogen-bond acceptors (Lipinski definition) is 4. The maximum atomic E-state index is 12.0. The number of rotatable bonds is 7. The van der Waals surface area contributed by atoms with Crippen LogP contribution in [0.1, 0.15) is 13.8 Å². The second-order valence-corrected chi connectivity index (χ2v) is 5.18. The summed E-state index contributed by atoms with van der Waals surface area (Å²) in [6, 6.07) is 14.4. The molecule has 2 aromatic carbocycles. The molecule has 0 spiro atoms. The smallest absolute Gasteiger partial charge is 0.262 e. The van der Waals surface area contributed by atoms with Crippen LogP contribution in [0.4, 0.5) is 5.69 Å². The summed E-state index contributed by atoms with van der Waals surface area (Å²) in [6.45, 7) is 3.80. The number of amides is 1. The number of benzene rings is 2. The van der Waals surface area contributed by atoms with Crippen LogP contribution in [-0.2, 0) is 4.79 Å². The van der Waals surface area contributed by atoms with Crippen molar-refractivity contribution >= 4 is 11.6 Å². The van der Waals surface area contributed by atoms with Crippen LogP contribution in [0.15, 0.2) is 48.5 Å². The number of carbonyl (C=O) groups excluding carboxylic acids is 1. The van der Waals surface area contributed by atoms with Crippen LogP contribution in [0.25, 0.3) is 0 Å². The molecule has 0 saturated carbocycles. The summed E-state index contributed by atoms with van der Waals surface area (Å²) in [5, 5.41) is 2.78. The Morgan fingerprint density at radius 3 is 2.52 bits per heavy atom. The van der Waals surface area contributed by atoms with Crippen LogP contribution in [0.5, 0.6) is 17.2 Å². The Kier molecular flexibility index (Phi) is 5.86. The normalized spacial score (nSPS) is 10.3. The molecule has 0 radical (unpaired) electrons. The summed E-state index contributed by atoms with van der Waals surface area (Å²) in [4.78, 5) is 12.0. The molecule has 0 aliphatic heterocycles. The first-order valence-electron chi connectivity index (χ1n) is 7.41. The van der Waals surface area contributed by atoms with Crippen LogP contribution in [0.2, 0.25) is 0 Å². The van der Waals surface area contributed by atoms with E-state index in [2.05, 4.69) is 5.32 Å². The first-order chi connectivity index (χ1) is 11.1. The van der Waals surface area contributed by atoms with Crippen LogP contribution < -0.4 is 19.5 Å².